The second-order valence-corrected chi connectivity index (χ2v) is 1.99. The molecular formula is C7H6O4. The number of carbonyl (C=O) groups excluding carboxylic acids is 2. The summed E-state index contributed by atoms with van der Waals surface area (Å²) < 4.78 is 9.03. The van der Waals surface area contributed by atoms with Crippen LogP contribution in [0.25, 0.3) is 0 Å². The molecule has 0 spiro atoms. The van der Waals surface area contributed by atoms with Crippen molar-refractivity contribution in [2.75, 3.05) is 6.61 Å². The molecular weight excluding hydrogens is 148 g/mol. The van der Waals surface area contributed by atoms with Gasteiger partial charge in [-0.25, -0.2) is 9.59 Å². The van der Waals surface area contributed by atoms with Crippen molar-refractivity contribution in [1.29, 1.82) is 0 Å². The highest BCUT2D eigenvalue weighted by Crippen LogP contribution is 2.06. The predicted octanol–water partition coefficient (Wildman–Crippen LogP) is -0.522. The number of cyclic esters (lactones) is 2. The van der Waals surface area contributed by atoms with E-state index in [0.717, 1.165) is 0 Å². The van der Waals surface area contributed by atoms with E-state index in [4.69, 9.17) is 6.42 Å². The van der Waals surface area contributed by atoms with Gasteiger partial charge in [0.15, 0.2) is 6.61 Å². The molecule has 58 valence electrons. The lowest BCUT2D eigenvalue weighted by molar-refractivity contribution is -0.184. The molecule has 0 aromatic rings. The van der Waals surface area contributed by atoms with Crippen molar-refractivity contribution < 1.29 is 19.1 Å². The van der Waals surface area contributed by atoms with Crippen LogP contribution >= 0.6 is 0 Å². The Morgan fingerprint density at radius 3 is 3.00 bits per heavy atom. The zero-order chi connectivity index (χ0) is 8.27. The van der Waals surface area contributed by atoms with Crippen molar-refractivity contribution in [3.8, 4) is 12.3 Å². The molecule has 1 aliphatic rings. The van der Waals surface area contributed by atoms with Crippen LogP contribution in [0.1, 0.15) is 6.42 Å². The van der Waals surface area contributed by atoms with Crippen LogP contribution in [0.15, 0.2) is 0 Å². The fourth-order valence-corrected chi connectivity index (χ4v) is 0.696. The van der Waals surface area contributed by atoms with Crippen molar-refractivity contribution in [3.63, 3.8) is 0 Å². The van der Waals surface area contributed by atoms with Crippen molar-refractivity contribution in [3.05, 3.63) is 0 Å². The summed E-state index contributed by atoms with van der Waals surface area (Å²) in [6, 6.07) is 0. The van der Waals surface area contributed by atoms with Gasteiger partial charge in [0.1, 0.15) is 0 Å². The van der Waals surface area contributed by atoms with Crippen LogP contribution in [0.2, 0.25) is 0 Å². The molecule has 1 heterocycles. The summed E-state index contributed by atoms with van der Waals surface area (Å²) >= 11 is 0. The van der Waals surface area contributed by atoms with Gasteiger partial charge < -0.3 is 9.47 Å². The Kier molecular flexibility index (Phi) is 2.12. The van der Waals surface area contributed by atoms with E-state index in [2.05, 4.69) is 15.4 Å². The molecule has 0 bridgehead atoms. The molecule has 0 saturated carbocycles. The maximum absolute atomic E-state index is 10.7. The average Bonchev–Trinajstić information content (AvgIpc) is 1.98. The third-order valence-electron chi connectivity index (χ3n) is 1.17. The summed E-state index contributed by atoms with van der Waals surface area (Å²) in [4.78, 5) is 21.3. The second-order valence-electron chi connectivity index (χ2n) is 1.99. The Bertz CT molecular complexity index is 225. The third-order valence-corrected chi connectivity index (χ3v) is 1.17. The highest BCUT2D eigenvalue weighted by molar-refractivity contribution is 5.85. The van der Waals surface area contributed by atoms with E-state index in [1.807, 2.05) is 0 Å². The van der Waals surface area contributed by atoms with E-state index in [9.17, 15) is 9.59 Å². The van der Waals surface area contributed by atoms with E-state index in [0.29, 0.717) is 0 Å². The summed E-state index contributed by atoms with van der Waals surface area (Å²) in [7, 11) is 0. The van der Waals surface area contributed by atoms with Crippen LogP contribution < -0.4 is 0 Å². The molecule has 11 heavy (non-hydrogen) atoms. The number of esters is 2. The van der Waals surface area contributed by atoms with Gasteiger partial charge in [0.05, 0.1) is 6.42 Å². The molecule has 1 fully saturated rings. The Morgan fingerprint density at radius 2 is 2.36 bits per heavy atom. The van der Waals surface area contributed by atoms with Crippen LogP contribution in [0.4, 0.5) is 0 Å². The summed E-state index contributed by atoms with van der Waals surface area (Å²) in [6.07, 6.45) is 4.09. The largest absolute Gasteiger partial charge is 0.451 e. The maximum atomic E-state index is 10.7. The molecule has 4 heteroatoms. The molecule has 0 N–H and O–H groups in total. The van der Waals surface area contributed by atoms with Crippen molar-refractivity contribution in [2.45, 2.75) is 12.5 Å². The molecule has 1 rings (SSSR count). The molecule has 4 nitrogen and oxygen atoms in total. The SMILES string of the molecule is C#CCC1OC(=O)COC1=O. The molecule has 1 atom stereocenters. The fourth-order valence-electron chi connectivity index (χ4n) is 0.696. The zero-order valence-corrected chi connectivity index (χ0v) is 5.70. The van der Waals surface area contributed by atoms with Gasteiger partial charge in [-0.05, 0) is 0 Å². The second kappa shape index (κ2) is 3.06. The topological polar surface area (TPSA) is 52.6 Å². The fraction of sp³-hybridized carbons (Fsp3) is 0.429. The Hall–Kier alpha value is -1.50. The lowest BCUT2D eigenvalue weighted by Gasteiger charge is -2.18. The molecule has 1 saturated heterocycles. The van der Waals surface area contributed by atoms with Crippen LogP contribution in [-0.2, 0) is 19.1 Å². The number of hydrogen-bond acceptors (Lipinski definition) is 4. The Labute approximate surface area is 63.5 Å². The molecule has 1 unspecified atom stereocenters. The number of hydrogen-bond donors (Lipinski definition) is 0. The standard InChI is InChI=1S/C7H6O4/c1-2-3-5-7(9)10-4-6(8)11-5/h1,5H,3-4H2. The van der Waals surface area contributed by atoms with Crippen LogP contribution in [0, 0.1) is 12.3 Å². The zero-order valence-electron chi connectivity index (χ0n) is 5.70. The quantitative estimate of drug-likeness (QED) is 0.376. The summed E-state index contributed by atoms with van der Waals surface area (Å²) in [5, 5.41) is 0. The molecule has 1 aliphatic heterocycles. The number of ether oxygens (including phenoxy) is 2. The number of rotatable bonds is 1. The van der Waals surface area contributed by atoms with Gasteiger partial charge in [0.25, 0.3) is 0 Å². The highest BCUT2D eigenvalue weighted by atomic mass is 16.6. The van der Waals surface area contributed by atoms with Gasteiger partial charge in [-0.15, -0.1) is 12.3 Å². The highest BCUT2D eigenvalue weighted by Gasteiger charge is 2.29. The van der Waals surface area contributed by atoms with Crippen LogP contribution in [0.3, 0.4) is 0 Å². The first-order valence-corrected chi connectivity index (χ1v) is 3.03. The maximum Gasteiger partial charge on any atom is 0.349 e. The van der Waals surface area contributed by atoms with Crippen molar-refractivity contribution in [2.24, 2.45) is 0 Å². The monoisotopic (exact) mass is 154 g/mol. The van der Waals surface area contributed by atoms with E-state index in [1.54, 1.807) is 0 Å². The first kappa shape index (κ1) is 7.61. The normalized spacial score (nSPS) is 23.4. The predicted molar refractivity (Wildman–Crippen MR) is 34.3 cm³/mol. The van der Waals surface area contributed by atoms with Crippen molar-refractivity contribution >= 4 is 11.9 Å². The number of terminal acetylenes is 1. The van der Waals surface area contributed by atoms with Crippen LogP contribution in [-0.4, -0.2) is 24.6 Å². The first-order chi connectivity index (χ1) is 5.24. The van der Waals surface area contributed by atoms with Gasteiger partial charge in [-0.2, -0.15) is 0 Å². The molecule has 0 aliphatic carbocycles. The smallest absolute Gasteiger partial charge is 0.349 e. The Morgan fingerprint density at radius 1 is 1.64 bits per heavy atom. The van der Waals surface area contributed by atoms with Gasteiger partial charge >= 0.3 is 11.9 Å². The van der Waals surface area contributed by atoms with E-state index in [-0.39, 0.29) is 13.0 Å². The summed E-state index contributed by atoms with van der Waals surface area (Å²) in [5.41, 5.74) is 0. The molecule has 0 aromatic carbocycles. The third kappa shape index (κ3) is 1.71. The summed E-state index contributed by atoms with van der Waals surface area (Å²) in [5.74, 6) is 1.09. The van der Waals surface area contributed by atoms with Gasteiger partial charge in [-0.1, -0.05) is 0 Å². The van der Waals surface area contributed by atoms with Crippen LogP contribution in [0.5, 0.6) is 0 Å². The molecule has 0 radical (unpaired) electrons. The van der Waals surface area contributed by atoms with E-state index < -0.39 is 18.0 Å². The minimum atomic E-state index is -0.902. The van der Waals surface area contributed by atoms with Crippen molar-refractivity contribution in [1.82, 2.24) is 0 Å². The van der Waals surface area contributed by atoms with Gasteiger partial charge in [0.2, 0.25) is 6.10 Å². The minimum absolute atomic E-state index is 0.0740. The number of carbonyl (C=O) groups is 2. The van der Waals surface area contributed by atoms with E-state index >= 15 is 0 Å². The van der Waals surface area contributed by atoms with Gasteiger partial charge in [0, 0.05) is 0 Å². The molecule has 0 aromatic heterocycles. The summed E-state index contributed by atoms with van der Waals surface area (Å²) in [6.45, 7) is -0.306. The molecule has 0 amide bonds. The lowest BCUT2D eigenvalue weighted by Crippen LogP contribution is -2.37. The average molecular weight is 154 g/mol. The first-order valence-electron chi connectivity index (χ1n) is 3.03. The van der Waals surface area contributed by atoms with E-state index in [1.165, 1.54) is 0 Å². The van der Waals surface area contributed by atoms with Gasteiger partial charge in [-0.3, -0.25) is 0 Å². The lowest BCUT2D eigenvalue weighted by atomic mass is 10.2. The Balaban J connectivity index is 2.55. The minimum Gasteiger partial charge on any atom is -0.451 e.